The van der Waals surface area contributed by atoms with Crippen LogP contribution in [0.1, 0.15) is 52.0 Å². The molecular weight excluding hydrogens is 518 g/mol. The summed E-state index contributed by atoms with van der Waals surface area (Å²) in [7, 11) is 0. The molecule has 0 saturated carbocycles. The number of aliphatic hydroxyl groups excluding tert-OH is 1. The van der Waals surface area contributed by atoms with Crippen LogP contribution in [-0.2, 0) is 20.8 Å². The first-order valence-corrected chi connectivity index (χ1v) is 14.5. The van der Waals surface area contributed by atoms with Crippen molar-refractivity contribution >= 4 is 28.5 Å². The zero-order valence-electron chi connectivity index (χ0n) is 24.3. The normalized spacial score (nSPS) is 14.0. The Kier molecular flexibility index (Phi) is 12.6. The predicted octanol–water partition coefficient (Wildman–Crippen LogP) is 4.14. The van der Waals surface area contributed by atoms with Crippen LogP contribution in [0.2, 0.25) is 0 Å². The smallest absolute Gasteiger partial charge is 0.258 e. The molecule has 0 aliphatic carbocycles. The van der Waals surface area contributed by atoms with E-state index in [0.717, 1.165) is 29.2 Å². The Balaban J connectivity index is 1.66. The number of nitrogens with one attached hydrogen (secondary N) is 3. The Morgan fingerprint density at radius 3 is 2.29 bits per heavy atom. The molecule has 41 heavy (non-hydrogen) atoms. The van der Waals surface area contributed by atoms with E-state index in [-0.39, 0.29) is 24.9 Å². The topological polar surface area (TPSA) is 117 Å². The largest absolute Gasteiger partial charge is 0.484 e. The van der Waals surface area contributed by atoms with E-state index >= 15 is 0 Å². The Labute approximate surface area is 242 Å². The zero-order chi connectivity index (χ0) is 29.6. The molecule has 0 aromatic heterocycles. The maximum absolute atomic E-state index is 13.5. The SMILES string of the molecule is CCCCNC(=O)CC(O)C(Cc1ccccc1)NC(=O)[C@@H](NC(=O)COc1ccc2ccccc2c1)[C@@H](C)CC. The van der Waals surface area contributed by atoms with Crippen molar-refractivity contribution in [2.75, 3.05) is 13.2 Å². The lowest BCUT2D eigenvalue weighted by Crippen LogP contribution is -2.56. The summed E-state index contributed by atoms with van der Waals surface area (Å²) < 4.78 is 5.72. The number of amides is 3. The maximum atomic E-state index is 13.5. The zero-order valence-corrected chi connectivity index (χ0v) is 24.3. The molecule has 3 rings (SSSR count). The molecule has 0 spiro atoms. The van der Waals surface area contributed by atoms with E-state index in [1.54, 1.807) is 0 Å². The molecule has 3 amide bonds. The van der Waals surface area contributed by atoms with Crippen LogP contribution in [0.5, 0.6) is 5.75 Å². The number of hydrogen-bond acceptors (Lipinski definition) is 5. The summed E-state index contributed by atoms with van der Waals surface area (Å²) in [4.78, 5) is 38.8. The number of aliphatic hydroxyl groups is 1. The van der Waals surface area contributed by atoms with E-state index in [0.29, 0.717) is 25.1 Å². The number of carbonyl (C=O) groups excluding carboxylic acids is 3. The molecule has 3 aromatic rings. The summed E-state index contributed by atoms with van der Waals surface area (Å²) in [5.41, 5.74) is 0.913. The van der Waals surface area contributed by atoms with Crippen molar-refractivity contribution in [3.05, 3.63) is 78.4 Å². The van der Waals surface area contributed by atoms with Crippen molar-refractivity contribution in [1.29, 1.82) is 0 Å². The lowest BCUT2D eigenvalue weighted by Gasteiger charge is -2.29. The Morgan fingerprint density at radius 2 is 1.59 bits per heavy atom. The van der Waals surface area contributed by atoms with Gasteiger partial charge in [-0.05, 0) is 47.2 Å². The minimum atomic E-state index is -1.11. The second-order valence-corrected chi connectivity index (χ2v) is 10.5. The number of benzene rings is 3. The van der Waals surface area contributed by atoms with Gasteiger partial charge in [0.05, 0.1) is 18.6 Å². The van der Waals surface area contributed by atoms with E-state index in [2.05, 4.69) is 16.0 Å². The summed E-state index contributed by atoms with van der Waals surface area (Å²) >= 11 is 0. The van der Waals surface area contributed by atoms with Crippen LogP contribution in [0.4, 0.5) is 0 Å². The molecule has 0 aliphatic rings. The van der Waals surface area contributed by atoms with Gasteiger partial charge < -0.3 is 25.8 Å². The molecule has 4 N–H and O–H groups in total. The molecule has 0 fully saturated rings. The number of fused-ring (bicyclic) bond motifs is 1. The number of carbonyl (C=O) groups is 3. The summed E-state index contributed by atoms with van der Waals surface area (Å²) in [5, 5.41) is 21.7. The highest BCUT2D eigenvalue weighted by atomic mass is 16.5. The maximum Gasteiger partial charge on any atom is 0.258 e. The minimum absolute atomic E-state index is 0.137. The standard InChI is InChI=1S/C33H43N3O5/c1-4-6-18-34-30(38)21-29(37)28(19-24-12-8-7-9-13-24)35-33(40)32(23(3)5-2)36-31(39)22-41-27-17-16-25-14-10-11-15-26(25)20-27/h7-17,20,23,28-29,32,37H,4-6,18-19,21-22H2,1-3H3,(H,34,38)(H,35,40)(H,36,39)/t23-,28?,29?,32-/m0/s1. The fourth-order valence-electron chi connectivity index (χ4n) is 4.56. The van der Waals surface area contributed by atoms with E-state index in [4.69, 9.17) is 4.74 Å². The summed E-state index contributed by atoms with van der Waals surface area (Å²) in [6.45, 7) is 6.17. The van der Waals surface area contributed by atoms with Gasteiger partial charge in [-0.25, -0.2) is 0 Å². The molecule has 0 heterocycles. The van der Waals surface area contributed by atoms with Crippen molar-refractivity contribution in [3.8, 4) is 5.75 Å². The Morgan fingerprint density at radius 1 is 0.878 bits per heavy atom. The number of unbranched alkanes of at least 4 members (excludes halogenated alkanes) is 1. The average Bonchev–Trinajstić information content (AvgIpc) is 2.98. The lowest BCUT2D eigenvalue weighted by molar-refractivity contribution is -0.132. The second-order valence-electron chi connectivity index (χ2n) is 10.5. The van der Waals surface area contributed by atoms with Gasteiger partial charge in [0.2, 0.25) is 11.8 Å². The molecule has 2 unspecified atom stereocenters. The highest BCUT2D eigenvalue weighted by molar-refractivity contribution is 5.89. The molecule has 8 heteroatoms. The van der Waals surface area contributed by atoms with E-state index < -0.39 is 30.0 Å². The van der Waals surface area contributed by atoms with Crippen molar-refractivity contribution in [1.82, 2.24) is 16.0 Å². The highest BCUT2D eigenvalue weighted by Crippen LogP contribution is 2.20. The van der Waals surface area contributed by atoms with Gasteiger partial charge in [0.1, 0.15) is 11.8 Å². The van der Waals surface area contributed by atoms with Crippen LogP contribution in [0.25, 0.3) is 10.8 Å². The van der Waals surface area contributed by atoms with Gasteiger partial charge in [-0.2, -0.15) is 0 Å². The van der Waals surface area contributed by atoms with Gasteiger partial charge in [0.15, 0.2) is 6.61 Å². The fraction of sp³-hybridized carbons (Fsp3) is 0.424. The third-order valence-electron chi connectivity index (χ3n) is 7.24. The van der Waals surface area contributed by atoms with Gasteiger partial charge in [-0.1, -0.05) is 94.3 Å². The van der Waals surface area contributed by atoms with Gasteiger partial charge in [-0.15, -0.1) is 0 Å². The first kappa shape index (κ1) is 31.6. The van der Waals surface area contributed by atoms with Crippen molar-refractivity contribution in [2.24, 2.45) is 5.92 Å². The number of hydrogen-bond donors (Lipinski definition) is 4. The molecule has 0 saturated heterocycles. The summed E-state index contributed by atoms with van der Waals surface area (Å²) in [6, 6.07) is 21.4. The third kappa shape index (κ3) is 10.2. The Bertz CT molecular complexity index is 1270. The van der Waals surface area contributed by atoms with Crippen LogP contribution in [0.15, 0.2) is 72.8 Å². The predicted molar refractivity (Wildman–Crippen MR) is 161 cm³/mol. The van der Waals surface area contributed by atoms with Crippen LogP contribution >= 0.6 is 0 Å². The van der Waals surface area contributed by atoms with Crippen LogP contribution < -0.4 is 20.7 Å². The summed E-state index contributed by atoms with van der Waals surface area (Å²) in [6.07, 6.45) is 1.54. The minimum Gasteiger partial charge on any atom is -0.484 e. The molecule has 0 bridgehead atoms. The number of ether oxygens (including phenoxy) is 1. The van der Waals surface area contributed by atoms with Crippen LogP contribution in [0, 0.1) is 5.92 Å². The van der Waals surface area contributed by atoms with E-state index in [1.807, 2.05) is 93.6 Å². The molecule has 4 atom stereocenters. The van der Waals surface area contributed by atoms with Gasteiger partial charge in [0.25, 0.3) is 5.91 Å². The molecule has 0 aliphatic heterocycles. The Hall–Kier alpha value is -3.91. The van der Waals surface area contributed by atoms with Crippen molar-refractivity contribution in [3.63, 3.8) is 0 Å². The first-order chi connectivity index (χ1) is 19.8. The molecule has 0 radical (unpaired) electrons. The van der Waals surface area contributed by atoms with Gasteiger partial charge in [-0.3, -0.25) is 14.4 Å². The van der Waals surface area contributed by atoms with Crippen LogP contribution in [-0.4, -0.2) is 54.2 Å². The lowest BCUT2D eigenvalue weighted by atomic mass is 9.95. The molecule has 220 valence electrons. The van der Waals surface area contributed by atoms with Crippen LogP contribution in [0.3, 0.4) is 0 Å². The molecule has 8 nitrogen and oxygen atoms in total. The quantitative estimate of drug-likeness (QED) is 0.196. The highest BCUT2D eigenvalue weighted by Gasteiger charge is 2.31. The number of rotatable bonds is 16. The first-order valence-electron chi connectivity index (χ1n) is 14.5. The molecular formula is C33H43N3O5. The summed E-state index contributed by atoms with van der Waals surface area (Å²) in [5.74, 6) is -0.715. The third-order valence-corrected chi connectivity index (χ3v) is 7.24. The van der Waals surface area contributed by atoms with E-state index in [9.17, 15) is 19.5 Å². The van der Waals surface area contributed by atoms with Gasteiger partial charge >= 0.3 is 0 Å². The van der Waals surface area contributed by atoms with E-state index in [1.165, 1.54) is 0 Å². The van der Waals surface area contributed by atoms with Crippen molar-refractivity contribution < 1.29 is 24.2 Å². The molecule has 3 aromatic carbocycles. The average molecular weight is 562 g/mol. The van der Waals surface area contributed by atoms with Gasteiger partial charge in [0, 0.05) is 6.54 Å². The monoisotopic (exact) mass is 561 g/mol. The van der Waals surface area contributed by atoms with Crippen molar-refractivity contribution in [2.45, 2.75) is 71.1 Å². The second kappa shape index (κ2) is 16.4. The fourth-order valence-corrected chi connectivity index (χ4v) is 4.56.